The van der Waals surface area contributed by atoms with Crippen LogP contribution in [-0.4, -0.2) is 82.8 Å². The van der Waals surface area contributed by atoms with Gasteiger partial charge in [0.05, 0.1) is 36.8 Å². The number of halogens is 1. The van der Waals surface area contributed by atoms with Gasteiger partial charge in [-0.3, -0.25) is 9.69 Å². The molecule has 0 unspecified atom stereocenters. The molecule has 0 aromatic heterocycles. The van der Waals surface area contributed by atoms with Gasteiger partial charge in [-0.05, 0) is 124 Å². The Hall–Kier alpha value is -2.37. The summed E-state index contributed by atoms with van der Waals surface area (Å²) in [4.78, 5) is 18.4. The molecule has 7 rings (SSSR count). The fourth-order valence-corrected chi connectivity index (χ4v) is 11.2. The Morgan fingerprint density at radius 3 is 2.49 bits per heavy atom. The average Bonchev–Trinajstić information content (AvgIpc) is 3.26. The number of ether oxygens (including phenoxy) is 3. The molecule has 2 fully saturated rings. The lowest BCUT2D eigenvalue weighted by atomic mass is 9.64. The fourth-order valence-electron chi connectivity index (χ4n) is 9.68. The zero-order valence-corrected chi connectivity index (χ0v) is 32.3. The van der Waals surface area contributed by atoms with Crippen LogP contribution < -0.4 is 14.4 Å². The van der Waals surface area contributed by atoms with Crippen LogP contribution in [0.2, 0.25) is 5.02 Å². The van der Waals surface area contributed by atoms with E-state index in [1.807, 2.05) is 25.1 Å². The molecular weight excluding hydrogens is 686 g/mol. The predicted octanol–water partition coefficient (Wildman–Crippen LogP) is 6.81. The van der Waals surface area contributed by atoms with Crippen LogP contribution in [0.3, 0.4) is 0 Å². The van der Waals surface area contributed by atoms with Gasteiger partial charge in [0.25, 0.3) is 5.91 Å². The molecule has 11 heteroatoms. The maximum absolute atomic E-state index is 13.6. The van der Waals surface area contributed by atoms with Gasteiger partial charge >= 0.3 is 0 Å². The van der Waals surface area contributed by atoms with E-state index >= 15 is 0 Å². The molecule has 2 aromatic rings. The number of amides is 1. The van der Waals surface area contributed by atoms with Gasteiger partial charge in [0.1, 0.15) is 5.75 Å². The zero-order valence-electron chi connectivity index (χ0n) is 30.7. The first-order valence-corrected chi connectivity index (χ1v) is 21.3. The number of fused-ring (bicyclic) bond motifs is 4. The third-order valence-corrected chi connectivity index (χ3v) is 15.2. The van der Waals surface area contributed by atoms with Crippen molar-refractivity contribution in [3.63, 3.8) is 0 Å². The lowest BCUT2D eigenvalue weighted by Gasteiger charge is -2.49. The van der Waals surface area contributed by atoms with Crippen LogP contribution in [0.15, 0.2) is 36.4 Å². The Kier molecular flexibility index (Phi) is 11.0. The van der Waals surface area contributed by atoms with E-state index in [0.717, 1.165) is 94.0 Å². The summed E-state index contributed by atoms with van der Waals surface area (Å²) in [6.07, 6.45) is 7.51. The summed E-state index contributed by atoms with van der Waals surface area (Å²) in [5, 5.41) is 0.0311. The van der Waals surface area contributed by atoms with Crippen molar-refractivity contribution in [1.82, 2.24) is 9.62 Å². The number of nitrogens with one attached hydrogen (secondary N) is 1. The molecule has 2 bridgehead atoms. The lowest BCUT2D eigenvalue weighted by molar-refractivity contribution is -0.243. The van der Waals surface area contributed by atoms with E-state index in [-0.39, 0.29) is 29.6 Å². The van der Waals surface area contributed by atoms with Gasteiger partial charge in [-0.2, -0.15) is 0 Å². The monoisotopic (exact) mass is 741 g/mol. The predicted molar refractivity (Wildman–Crippen MR) is 201 cm³/mol. The standard InChI is InChI=1S/C40H56ClN3O6S/c1-5-43(6-2)32-22-48-39(49-23-32)34-11-7-9-26(3)27(4)51(46,47)42-38(45)29-13-17-37-36(20-29)44(21-30-12-15-33(30)34)24-40(25-50-37)18-8-10-28-19-31(41)14-16-35(28)40/h13-14,16-17,19-20,26-27,30,32-34,39H,5-12,15,18,21-25H2,1-4H3,(H,42,45)/t26-,27+,30-,32?,33+,34+,39?,40-/m0/s1. The largest absolute Gasteiger partial charge is 0.490 e. The summed E-state index contributed by atoms with van der Waals surface area (Å²) >= 11 is 6.49. The number of aryl methyl sites for hydroxylation is 1. The average molecular weight is 742 g/mol. The van der Waals surface area contributed by atoms with Gasteiger partial charge in [-0.15, -0.1) is 0 Å². The van der Waals surface area contributed by atoms with Gasteiger partial charge in [0.2, 0.25) is 10.0 Å². The quantitative estimate of drug-likeness (QED) is 0.366. The van der Waals surface area contributed by atoms with E-state index in [1.165, 1.54) is 11.1 Å². The number of likely N-dealkylation sites (N-methyl/N-ethyl adjacent to an activating group) is 1. The minimum Gasteiger partial charge on any atom is -0.490 e. The molecule has 1 spiro atoms. The van der Waals surface area contributed by atoms with Crippen LogP contribution in [0, 0.1) is 23.7 Å². The van der Waals surface area contributed by atoms with Gasteiger partial charge in [-0.1, -0.05) is 44.9 Å². The molecule has 1 amide bonds. The van der Waals surface area contributed by atoms with Crippen LogP contribution in [0.25, 0.3) is 0 Å². The SMILES string of the molecule is CCN(CC)C1COC([C@@H]2CCC[C@H](C)[C@@H](C)S(=O)(=O)NC(=O)c3ccc4c(c3)N(C[C@@H]3CC[C@H]32)C[C@@]2(CCCc3cc(Cl)ccc32)CO4)OC1. The van der Waals surface area contributed by atoms with Crippen molar-refractivity contribution in [2.45, 2.75) is 102 Å². The van der Waals surface area contributed by atoms with Crippen LogP contribution in [0.1, 0.15) is 94.1 Å². The summed E-state index contributed by atoms with van der Waals surface area (Å²) in [5.74, 6) is 1.05. The van der Waals surface area contributed by atoms with Crippen molar-refractivity contribution in [3.8, 4) is 5.75 Å². The Labute approximate surface area is 309 Å². The normalized spacial score (nSPS) is 34.0. The molecule has 1 saturated heterocycles. The Morgan fingerprint density at radius 1 is 0.980 bits per heavy atom. The van der Waals surface area contributed by atoms with Crippen molar-refractivity contribution < 1.29 is 27.4 Å². The molecule has 6 atom stereocenters. The van der Waals surface area contributed by atoms with Gasteiger partial charge < -0.3 is 19.1 Å². The molecule has 1 N–H and O–H groups in total. The van der Waals surface area contributed by atoms with Crippen molar-refractivity contribution >= 4 is 33.2 Å². The van der Waals surface area contributed by atoms with E-state index in [4.69, 9.17) is 25.8 Å². The molecule has 3 aliphatic heterocycles. The molecule has 2 aliphatic carbocycles. The van der Waals surface area contributed by atoms with Crippen LogP contribution in [-0.2, 0) is 31.3 Å². The first-order valence-electron chi connectivity index (χ1n) is 19.4. The zero-order chi connectivity index (χ0) is 35.9. The van der Waals surface area contributed by atoms with E-state index in [2.05, 4.69) is 40.5 Å². The van der Waals surface area contributed by atoms with E-state index < -0.39 is 21.2 Å². The number of anilines is 1. The first kappa shape index (κ1) is 37.0. The van der Waals surface area contributed by atoms with Crippen LogP contribution in [0.4, 0.5) is 5.69 Å². The minimum atomic E-state index is -3.91. The third kappa shape index (κ3) is 7.42. The molecule has 2 aromatic carbocycles. The van der Waals surface area contributed by atoms with Crippen LogP contribution in [0.5, 0.6) is 5.75 Å². The highest BCUT2D eigenvalue weighted by Crippen LogP contribution is 2.49. The number of hydrogen-bond acceptors (Lipinski definition) is 8. The second-order valence-electron chi connectivity index (χ2n) is 16.0. The summed E-state index contributed by atoms with van der Waals surface area (Å²) in [5.41, 5.74) is 3.49. The number of sulfonamides is 1. The van der Waals surface area contributed by atoms with Crippen molar-refractivity contribution in [3.05, 3.63) is 58.1 Å². The molecule has 280 valence electrons. The number of nitrogens with zero attached hydrogens (tertiary/aromatic N) is 2. The highest BCUT2D eigenvalue weighted by atomic mass is 35.5. The van der Waals surface area contributed by atoms with Crippen molar-refractivity contribution in [2.75, 3.05) is 50.9 Å². The maximum atomic E-state index is 13.6. The summed E-state index contributed by atoms with van der Waals surface area (Å²) < 4.78 is 49.4. The Morgan fingerprint density at radius 2 is 1.76 bits per heavy atom. The summed E-state index contributed by atoms with van der Waals surface area (Å²) in [7, 11) is -3.91. The summed E-state index contributed by atoms with van der Waals surface area (Å²) in [6.45, 7) is 13.4. The van der Waals surface area contributed by atoms with Gasteiger partial charge in [-0.25, -0.2) is 13.1 Å². The Balaban J connectivity index is 1.25. The van der Waals surface area contributed by atoms with Crippen LogP contribution >= 0.6 is 11.6 Å². The minimum absolute atomic E-state index is 0.123. The molecule has 1 saturated carbocycles. The van der Waals surface area contributed by atoms with E-state index in [9.17, 15) is 13.2 Å². The van der Waals surface area contributed by atoms with Crippen molar-refractivity contribution in [1.29, 1.82) is 0 Å². The van der Waals surface area contributed by atoms with E-state index in [0.29, 0.717) is 37.2 Å². The topological polar surface area (TPSA) is 97.4 Å². The second kappa shape index (κ2) is 15.2. The Bertz CT molecular complexity index is 1680. The van der Waals surface area contributed by atoms with Gasteiger partial charge in [0, 0.05) is 35.0 Å². The summed E-state index contributed by atoms with van der Waals surface area (Å²) in [6, 6.07) is 11.9. The third-order valence-electron chi connectivity index (χ3n) is 13.1. The van der Waals surface area contributed by atoms with E-state index in [1.54, 1.807) is 13.0 Å². The number of carbonyl (C=O) groups is 1. The molecule has 0 radical (unpaired) electrons. The number of rotatable bonds is 4. The molecule has 5 aliphatic rings. The maximum Gasteiger partial charge on any atom is 0.264 e. The molecule has 9 nitrogen and oxygen atoms in total. The molecule has 51 heavy (non-hydrogen) atoms. The highest BCUT2D eigenvalue weighted by Gasteiger charge is 2.47. The van der Waals surface area contributed by atoms with Gasteiger partial charge in [0.15, 0.2) is 6.29 Å². The van der Waals surface area contributed by atoms with Crippen molar-refractivity contribution in [2.24, 2.45) is 23.7 Å². The fraction of sp³-hybridized carbons (Fsp3) is 0.675. The molecular formula is C40H56ClN3O6S. The number of hydrogen-bond donors (Lipinski definition) is 1. The first-order chi connectivity index (χ1) is 24.5. The highest BCUT2D eigenvalue weighted by molar-refractivity contribution is 7.90. The number of benzene rings is 2. The second-order valence-corrected chi connectivity index (χ2v) is 18.4. The smallest absolute Gasteiger partial charge is 0.264 e. The molecule has 3 heterocycles. The number of carbonyl (C=O) groups excluding carboxylic acids is 1. The lowest BCUT2D eigenvalue weighted by Crippen LogP contribution is -2.53.